The molecule has 3 aromatic rings. The van der Waals surface area contributed by atoms with E-state index in [4.69, 9.17) is 21.7 Å². The molecule has 0 unspecified atom stereocenters. The van der Waals surface area contributed by atoms with Crippen LogP contribution in [-0.4, -0.2) is 43.1 Å². The maximum atomic E-state index is 12.7. The first-order chi connectivity index (χ1) is 16.8. The molecule has 35 heavy (non-hydrogen) atoms. The Kier molecular flexibility index (Phi) is 8.92. The summed E-state index contributed by atoms with van der Waals surface area (Å²) in [5.74, 6) is 0.331. The van der Waals surface area contributed by atoms with Gasteiger partial charge in [-0.25, -0.2) is 18.4 Å². The van der Waals surface area contributed by atoms with Crippen molar-refractivity contribution in [2.24, 2.45) is 0 Å². The third-order valence-electron chi connectivity index (χ3n) is 4.62. The van der Waals surface area contributed by atoms with Crippen molar-refractivity contribution < 1.29 is 22.7 Å². The van der Waals surface area contributed by atoms with E-state index < -0.39 is 10.0 Å². The van der Waals surface area contributed by atoms with E-state index in [9.17, 15) is 13.2 Å². The van der Waals surface area contributed by atoms with E-state index in [-0.39, 0.29) is 27.6 Å². The third-order valence-corrected chi connectivity index (χ3v) is 6.18. The monoisotopic (exact) mass is 515 g/mol. The molecule has 0 bridgehead atoms. The number of nitrogens with zero attached hydrogens (tertiary/aromatic N) is 2. The number of nitrogens with one attached hydrogen (secondary N) is 3. The number of hydrogen-bond acceptors (Lipinski definition) is 8. The number of ether oxygens (including phenoxy) is 2. The lowest BCUT2D eigenvalue weighted by atomic mass is 10.2. The minimum Gasteiger partial charge on any atom is -0.494 e. The molecule has 0 radical (unpaired) electrons. The van der Waals surface area contributed by atoms with E-state index in [1.54, 1.807) is 24.3 Å². The highest BCUT2D eigenvalue weighted by Crippen LogP contribution is 2.22. The Labute approximate surface area is 209 Å². The number of thiocarbonyl (C=S) groups is 1. The summed E-state index contributed by atoms with van der Waals surface area (Å²) >= 11 is 5.20. The van der Waals surface area contributed by atoms with Crippen molar-refractivity contribution in [1.82, 2.24) is 15.3 Å². The van der Waals surface area contributed by atoms with Crippen LogP contribution in [0.3, 0.4) is 0 Å². The first-order valence-electron chi connectivity index (χ1n) is 10.7. The number of hydrogen-bond donors (Lipinski definition) is 3. The van der Waals surface area contributed by atoms with Gasteiger partial charge in [0.15, 0.2) is 5.11 Å². The van der Waals surface area contributed by atoms with Crippen LogP contribution in [0.2, 0.25) is 0 Å². The van der Waals surface area contributed by atoms with Crippen molar-refractivity contribution in [3.63, 3.8) is 0 Å². The van der Waals surface area contributed by atoms with Crippen LogP contribution < -0.4 is 24.8 Å². The second-order valence-electron chi connectivity index (χ2n) is 7.18. The van der Waals surface area contributed by atoms with Crippen LogP contribution in [0.4, 0.5) is 11.5 Å². The lowest BCUT2D eigenvalue weighted by molar-refractivity contribution is 0.0977. The summed E-state index contributed by atoms with van der Waals surface area (Å²) < 4.78 is 38.3. The first kappa shape index (κ1) is 25.8. The highest BCUT2D eigenvalue weighted by molar-refractivity contribution is 7.92. The number of benzene rings is 2. The Bertz CT molecular complexity index is 1270. The summed E-state index contributed by atoms with van der Waals surface area (Å²) in [6, 6.07) is 12.6. The number of aromatic nitrogens is 2. The molecule has 0 spiro atoms. The summed E-state index contributed by atoms with van der Waals surface area (Å²) in [7, 11) is -2.57. The van der Waals surface area contributed by atoms with Crippen molar-refractivity contribution in [2.75, 3.05) is 23.8 Å². The average molecular weight is 516 g/mol. The molecule has 0 aliphatic heterocycles. The number of carbonyl (C=O) groups is 1. The van der Waals surface area contributed by atoms with Crippen molar-refractivity contribution in [3.05, 3.63) is 66.5 Å². The number of unbranched alkanes of at least 4 members (excludes halogenated alkanes) is 1. The van der Waals surface area contributed by atoms with E-state index in [1.165, 1.54) is 43.8 Å². The van der Waals surface area contributed by atoms with Gasteiger partial charge >= 0.3 is 0 Å². The largest absolute Gasteiger partial charge is 0.494 e. The fourth-order valence-corrected chi connectivity index (χ4v) is 4.04. The Hall–Kier alpha value is -3.77. The molecule has 1 aromatic heterocycles. The predicted molar refractivity (Wildman–Crippen MR) is 136 cm³/mol. The van der Waals surface area contributed by atoms with E-state index in [0.717, 1.165) is 12.8 Å². The molecule has 0 aliphatic rings. The molecule has 0 atom stereocenters. The molecule has 10 nitrogen and oxygen atoms in total. The quantitative estimate of drug-likeness (QED) is 0.274. The van der Waals surface area contributed by atoms with Gasteiger partial charge in [0.25, 0.3) is 21.8 Å². The lowest BCUT2D eigenvalue weighted by Gasteiger charge is -2.12. The second kappa shape index (κ2) is 12.1. The molecular formula is C23H25N5O5S2. The zero-order valence-electron chi connectivity index (χ0n) is 19.1. The van der Waals surface area contributed by atoms with Crippen LogP contribution in [0, 0.1) is 0 Å². The molecule has 1 amide bonds. The van der Waals surface area contributed by atoms with Crippen LogP contribution in [-0.2, 0) is 10.0 Å². The first-order valence-corrected chi connectivity index (χ1v) is 12.5. The molecule has 3 rings (SSSR count). The Morgan fingerprint density at radius 1 is 1.03 bits per heavy atom. The minimum absolute atomic E-state index is 0.00745. The molecule has 12 heteroatoms. The highest BCUT2D eigenvalue weighted by atomic mass is 32.2. The maximum Gasteiger partial charge on any atom is 0.263 e. The molecule has 2 aromatic carbocycles. The maximum absolute atomic E-state index is 12.7. The number of amides is 1. The second-order valence-corrected chi connectivity index (χ2v) is 9.27. The molecule has 1 heterocycles. The zero-order chi connectivity index (χ0) is 25.3. The van der Waals surface area contributed by atoms with E-state index in [0.29, 0.717) is 23.6 Å². The van der Waals surface area contributed by atoms with Crippen LogP contribution >= 0.6 is 12.2 Å². The molecule has 0 fully saturated rings. The number of anilines is 2. The molecule has 3 N–H and O–H groups in total. The number of methoxy groups -OCH3 is 1. The van der Waals surface area contributed by atoms with Gasteiger partial charge in [-0.2, -0.15) is 0 Å². The summed E-state index contributed by atoms with van der Waals surface area (Å²) in [5, 5.41) is 5.51. The molecule has 184 valence electrons. The summed E-state index contributed by atoms with van der Waals surface area (Å²) in [6.07, 6.45) is 4.73. The van der Waals surface area contributed by atoms with Gasteiger partial charge in [0, 0.05) is 23.6 Å². The third kappa shape index (κ3) is 7.36. The van der Waals surface area contributed by atoms with Crippen molar-refractivity contribution in [3.8, 4) is 11.6 Å². The van der Waals surface area contributed by atoms with Crippen molar-refractivity contribution in [1.29, 1.82) is 0 Å². The van der Waals surface area contributed by atoms with Gasteiger partial charge < -0.3 is 14.8 Å². The topological polar surface area (TPSA) is 132 Å². The Balaban J connectivity index is 1.57. The van der Waals surface area contributed by atoms with Gasteiger partial charge in [-0.15, -0.1) is 0 Å². The summed E-state index contributed by atoms with van der Waals surface area (Å²) in [5.41, 5.74) is 0.912. The SMILES string of the molecule is CCCCOc1ccc(C(=O)NC(=S)Nc2ccc(S(=O)(=O)Nc3nccnc3OC)cc2)cc1. The predicted octanol–water partition coefficient (Wildman–Crippen LogP) is 3.59. The summed E-state index contributed by atoms with van der Waals surface area (Å²) in [4.78, 5) is 20.3. The van der Waals surface area contributed by atoms with E-state index in [2.05, 4.69) is 32.2 Å². The molecular weight excluding hydrogens is 490 g/mol. The van der Waals surface area contributed by atoms with Gasteiger partial charge in [-0.1, -0.05) is 13.3 Å². The van der Waals surface area contributed by atoms with Crippen LogP contribution in [0.25, 0.3) is 0 Å². The van der Waals surface area contributed by atoms with Crippen LogP contribution in [0.1, 0.15) is 30.1 Å². The van der Waals surface area contributed by atoms with Gasteiger partial charge in [0.2, 0.25) is 5.82 Å². The highest BCUT2D eigenvalue weighted by Gasteiger charge is 2.18. The molecule has 0 saturated heterocycles. The normalized spacial score (nSPS) is 10.8. The summed E-state index contributed by atoms with van der Waals surface area (Å²) in [6.45, 7) is 2.71. The van der Waals surface area contributed by atoms with Crippen molar-refractivity contribution >= 4 is 44.8 Å². The van der Waals surface area contributed by atoms with E-state index in [1.807, 2.05) is 0 Å². The molecule has 0 saturated carbocycles. The zero-order valence-corrected chi connectivity index (χ0v) is 20.8. The Morgan fingerprint density at radius 2 is 1.71 bits per heavy atom. The number of carbonyl (C=O) groups excluding carboxylic acids is 1. The van der Waals surface area contributed by atoms with Crippen LogP contribution in [0.15, 0.2) is 65.8 Å². The number of sulfonamides is 1. The Morgan fingerprint density at radius 3 is 2.37 bits per heavy atom. The van der Waals surface area contributed by atoms with Gasteiger partial charge in [0.05, 0.1) is 18.6 Å². The fourth-order valence-electron chi connectivity index (χ4n) is 2.82. The van der Waals surface area contributed by atoms with Gasteiger partial charge in [-0.05, 0) is 67.2 Å². The average Bonchev–Trinajstić information content (AvgIpc) is 2.85. The van der Waals surface area contributed by atoms with Crippen LogP contribution in [0.5, 0.6) is 11.6 Å². The minimum atomic E-state index is -3.93. The van der Waals surface area contributed by atoms with E-state index >= 15 is 0 Å². The smallest absolute Gasteiger partial charge is 0.263 e. The number of rotatable bonds is 10. The van der Waals surface area contributed by atoms with Gasteiger partial charge in [0.1, 0.15) is 5.75 Å². The molecule has 0 aliphatic carbocycles. The fraction of sp³-hybridized carbons (Fsp3) is 0.217. The van der Waals surface area contributed by atoms with Gasteiger partial charge in [-0.3, -0.25) is 14.8 Å². The standard InChI is InChI=1S/C23H25N5O5S2/c1-3-4-15-33-18-9-5-16(6-10-18)21(29)27-23(34)26-17-7-11-19(12-8-17)35(30,31)28-20-22(32-2)25-14-13-24-20/h5-14H,3-4,15H2,1-2H3,(H,24,28)(H2,26,27,29,34). The van der Waals surface area contributed by atoms with Crippen molar-refractivity contribution in [2.45, 2.75) is 24.7 Å². The lowest BCUT2D eigenvalue weighted by Crippen LogP contribution is -2.34.